The number of nitrogens with zero attached hydrogens (tertiary/aromatic N) is 4. The quantitative estimate of drug-likeness (QED) is 0.803. The number of aromatic nitrogens is 4. The molecule has 7 heteroatoms. The number of rotatable bonds is 5. The predicted octanol–water partition coefficient (Wildman–Crippen LogP) is 1.12. The van der Waals surface area contributed by atoms with Gasteiger partial charge in [-0.3, -0.25) is 0 Å². The van der Waals surface area contributed by atoms with Gasteiger partial charge < -0.3 is 15.6 Å². The molecule has 106 valence electrons. The number of hydrogen-bond acceptors (Lipinski definition) is 5. The number of aryl methyl sites for hydroxylation is 2. The lowest BCUT2D eigenvalue weighted by Gasteiger charge is -2.13. The Bertz CT molecular complexity index is 634. The summed E-state index contributed by atoms with van der Waals surface area (Å²) in [6.07, 6.45) is 4.49. The first-order chi connectivity index (χ1) is 9.50. The molecule has 0 fully saturated rings. The minimum atomic E-state index is 0.333. The topological polar surface area (TPSA) is 81.7 Å². The Morgan fingerprint density at radius 2 is 2.15 bits per heavy atom. The molecule has 0 saturated heterocycles. The van der Waals surface area contributed by atoms with E-state index in [1.807, 2.05) is 31.7 Å². The SMILES string of the molecule is Cc1nnc(NCCc2nccn2C)c(C(N)=S)c1C. The number of anilines is 1. The van der Waals surface area contributed by atoms with Crippen LogP contribution in [0.3, 0.4) is 0 Å². The van der Waals surface area contributed by atoms with Crippen LogP contribution in [0, 0.1) is 13.8 Å². The summed E-state index contributed by atoms with van der Waals surface area (Å²) in [7, 11) is 1.97. The molecule has 6 nitrogen and oxygen atoms in total. The molecule has 0 saturated carbocycles. The minimum absolute atomic E-state index is 0.333. The molecule has 0 spiro atoms. The lowest BCUT2D eigenvalue weighted by Crippen LogP contribution is -2.19. The molecule has 3 N–H and O–H groups in total. The summed E-state index contributed by atoms with van der Waals surface area (Å²) in [6.45, 7) is 4.53. The monoisotopic (exact) mass is 290 g/mol. The Labute approximate surface area is 123 Å². The van der Waals surface area contributed by atoms with Crippen molar-refractivity contribution in [2.75, 3.05) is 11.9 Å². The first-order valence-electron chi connectivity index (χ1n) is 6.34. The van der Waals surface area contributed by atoms with Gasteiger partial charge in [0.2, 0.25) is 0 Å². The third-order valence-electron chi connectivity index (χ3n) is 3.26. The van der Waals surface area contributed by atoms with Crippen LogP contribution in [0.4, 0.5) is 5.82 Å². The summed E-state index contributed by atoms with van der Waals surface area (Å²) in [5.41, 5.74) is 8.35. The van der Waals surface area contributed by atoms with Crippen molar-refractivity contribution < 1.29 is 0 Å². The third-order valence-corrected chi connectivity index (χ3v) is 3.47. The molecule has 2 rings (SSSR count). The third kappa shape index (κ3) is 2.93. The van der Waals surface area contributed by atoms with Gasteiger partial charge in [-0.15, -0.1) is 5.10 Å². The second-order valence-electron chi connectivity index (χ2n) is 4.63. The van der Waals surface area contributed by atoms with E-state index in [0.717, 1.165) is 29.1 Å². The summed E-state index contributed by atoms with van der Waals surface area (Å²) in [4.78, 5) is 4.61. The molecule has 2 aromatic heterocycles. The number of nitrogens with one attached hydrogen (secondary N) is 1. The number of thiocarbonyl (C=S) groups is 1. The van der Waals surface area contributed by atoms with Gasteiger partial charge in [0.05, 0.1) is 11.3 Å². The average Bonchev–Trinajstić information content (AvgIpc) is 2.79. The molecule has 0 aliphatic heterocycles. The standard InChI is InChI=1S/C13H18N6S/c1-8-9(2)17-18-13(11(8)12(14)20)16-5-4-10-15-6-7-19(10)3/h6-7H,4-5H2,1-3H3,(H2,14,20)(H,16,18). The molecule has 2 aromatic rings. The molecular weight excluding hydrogens is 272 g/mol. The fourth-order valence-corrected chi connectivity index (χ4v) is 2.21. The highest BCUT2D eigenvalue weighted by atomic mass is 32.1. The van der Waals surface area contributed by atoms with Crippen molar-refractivity contribution in [2.45, 2.75) is 20.3 Å². The minimum Gasteiger partial charge on any atom is -0.389 e. The van der Waals surface area contributed by atoms with Crippen molar-refractivity contribution in [3.8, 4) is 0 Å². The summed E-state index contributed by atoms with van der Waals surface area (Å²) >= 11 is 5.10. The van der Waals surface area contributed by atoms with Crippen LogP contribution in [0.5, 0.6) is 0 Å². The van der Waals surface area contributed by atoms with Crippen molar-refractivity contribution in [1.82, 2.24) is 19.7 Å². The van der Waals surface area contributed by atoms with E-state index in [0.29, 0.717) is 17.4 Å². The molecule has 0 bridgehead atoms. The van der Waals surface area contributed by atoms with Gasteiger partial charge in [-0.2, -0.15) is 5.10 Å². The van der Waals surface area contributed by atoms with E-state index in [9.17, 15) is 0 Å². The van der Waals surface area contributed by atoms with Gasteiger partial charge in [0, 0.05) is 32.4 Å². The van der Waals surface area contributed by atoms with Gasteiger partial charge >= 0.3 is 0 Å². The van der Waals surface area contributed by atoms with E-state index in [2.05, 4.69) is 20.5 Å². The second-order valence-corrected chi connectivity index (χ2v) is 5.07. The molecule has 0 radical (unpaired) electrons. The highest BCUT2D eigenvalue weighted by Gasteiger charge is 2.13. The maximum Gasteiger partial charge on any atom is 0.159 e. The number of imidazole rings is 1. The summed E-state index contributed by atoms with van der Waals surface area (Å²) in [6, 6.07) is 0. The zero-order valence-electron chi connectivity index (χ0n) is 11.8. The van der Waals surface area contributed by atoms with Gasteiger partial charge in [-0.05, 0) is 19.4 Å². The zero-order valence-corrected chi connectivity index (χ0v) is 12.7. The molecular formula is C13H18N6S. The molecule has 0 atom stereocenters. The Morgan fingerprint density at radius 3 is 2.75 bits per heavy atom. The maximum absolute atomic E-state index is 5.78. The lowest BCUT2D eigenvalue weighted by atomic mass is 10.1. The van der Waals surface area contributed by atoms with E-state index in [4.69, 9.17) is 18.0 Å². The highest BCUT2D eigenvalue weighted by molar-refractivity contribution is 7.80. The fraction of sp³-hybridized carbons (Fsp3) is 0.385. The van der Waals surface area contributed by atoms with Crippen LogP contribution in [0.15, 0.2) is 12.4 Å². The summed E-state index contributed by atoms with van der Waals surface area (Å²) in [5.74, 6) is 1.64. The van der Waals surface area contributed by atoms with Crippen LogP contribution in [0.25, 0.3) is 0 Å². The molecule has 0 aliphatic rings. The number of hydrogen-bond donors (Lipinski definition) is 2. The van der Waals surface area contributed by atoms with Crippen molar-refractivity contribution >= 4 is 23.0 Å². The van der Waals surface area contributed by atoms with Gasteiger partial charge in [0.1, 0.15) is 10.8 Å². The van der Waals surface area contributed by atoms with Crippen molar-refractivity contribution in [3.05, 3.63) is 35.0 Å². The van der Waals surface area contributed by atoms with E-state index >= 15 is 0 Å². The Kier molecular flexibility index (Phi) is 4.29. The Balaban J connectivity index is 2.12. The van der Waals surface area contributed by atoms with Crippen molar-refractivity contribution in [3.63, 3.8) is 0 Å². The van der Waals surface area contributed by atoms with Gasteiger partial charge in [-0.25, -0.2) is 4.98 Å². The highest BCUT2D eigenvalue weighted by Crippen LogP contribution is 2.18. The zero-order chi connectivity index (χ0) is 14.7. The predicted molar refractivity (Wildman–Crippen MR) is 82.8 cm³/mol. The first kappa shape index (κ1) is 14.4. The first-order valence-corrected chi connectivity index (χ1v) is 6.75. The van der Waals surface area contributed by atoms with E-state index in [1.165, 1.54) is 0 Å². The largest absolute Gasteiger partial charge is 0.389 e. The van der Waals surface area contributed by atoms with Crippen LogP contribution in [0.2, 0.25) is 0 Å². The van der Waals surface area contributed by atoms with E-state index in [-0.39, 0.29) is 0 Å². The molecule has 0 amide bonds. The molecule has 2 heterocycles. The molecule has 20 heavy (non-hydrogen) atoms. The Hall–Kier alpha value is -2.02. The lowest BCUT2D eigenvalue weighted by molar-refractivity contribution is 0.786. The normalized spacial score (nSPS) is 10.6. The number of nitrogens with two attached hydrogens (primary N) is 1. The van der Waals surface area contributed by atoms with Crippen molar-refractivity contribution in [2.24, 2.45) is 12.8 Å². The molecule has 0 aliphatic carbocycles. The second kappa shape index (κ2) is 5.96. The van der Waals surface area contributed by atoms with Crippen LogP contribution in [-0.4, -0.2) is 31.3 Å². The summed E-state index contributed by atoms with van der Waals surface area (Å²) < 4.78 is 1.99. The fourth-order valence-electron chi connectivity index (χ4n) is 1.96. The van der Waals surface area contributed by atoms with Gasteiger partial charge in [0.25, 0.3) is 0 Å². The van der Waals surface area contributed by atoms with Crippen LogP contribution < -0.4 is 11.1 Å². The van der Waals surface area contributed by atoms with Crippen LogP contribution in [0.1, 0.15) is 22.6 Å². The maximum atomic E-state index is 5.78. The Morgan fingerprint density at radius 1 is 1.40 bits per heavy atom. The average molecular weight is 290 g/mol. The van der Waals surface area contributed by atoms with E-state index in [1.54, 1.807) is 6.20 Å². The smallest absolute Gasteiger partial charge is 0.159 e. The molecule has 0 aromatic carbocycles. The van der Waals surface area contributed by atoms with Crippen molar-refractivity contribution in [1.29, 1.82) is 0 Å². The van der Waals surface area contributed by atoms with Crippen LogP contribution in [-0.2, 0) is 13.5 Å². The van der Waals surface area contributed by atoms with E-state index < -0.39 is 0 Å². The van der Waals surface area contributed by atoms with Crippen LogP contribution >= 0.6 is 12.2 Å². The van der Waals surface area contributed by atoms with Gasteiger partial charge in [0.15, 0.2) is 5.82 Å². The molecule has 0 unspecified atom stereocenters. The summed E-state index contributed by atoms with van der Waals surface area (Å²) in [5, 5.41) is 11.5. The van der Waals surface area contributed by atoms with Gasteiger partial charge in [-0.1, -0.05) is 12.2 Å².